The molecule has 2 N–H and O–H groups in total. The molecule has 1 aromatic carbocycles. The molecule has 1 saturated heterocycles. The number of rotatable bonds is 4. The second-order valence-corrected chi connectivity index (χ2v) is 7.59. The number of aliphatic hydroxyl groups excluding tert-OH is 1. The number of amides is 2. The number of benzene rings is 1. The summed E-state index contributed by atoms with van der Waals surface area (Å²) in [6.45, 7) is -0.0948. The number of alkyl halides is 3. The summed E-state index contributed by atoms with van der Waals surface area (Å²) in [5, 5.41) is 19.3. The standard InChI is InChI=1S/C22H19F3N4O5/c23-22(24,25)19-6-3-16(10-26-19)34-15-2-5-17-13(9-15)1-4-18(27-17)20(31)28-7-8-29(21(32)33)14(11-28)12-30/h1-6,9-10,14,30H,7-8,11-12H2,(H,32,33)/t14-/m1/s1. The van der Waals surface area contributed by atoms with Crippen molar-refractivity contribution in [1.82, 2.24) is 19.8 Å². The Kier molecular flexibility index (Phi) is 6.24. The summed E-state index contributed by atoms with van der Waals surface area (Å²) in [5.74, 6) is 0.0955. The number of pyridine rings is 2. The third-order valence-corrected chi connectivity index (χ3v) is 5.37. The van der Waals surface area contributed by atoms with Crippen LogP contribution in [-0.4, -0.2) is 74.3 Å². The summed E-state index contributed by atoms with van der Waals surface area (Å²) in [4.78, 5) is 34.4. The van der Waals surface area contributed by atoms with Crippen LogP contribution in [0, 0.1) is 0 Å². The molecule has 9 nitrogen and oxygen atoms in total. The van der Waals surface area contributed by atoms with Crippen LogP contribution in [0.25, 0.3) is 10.9 Å². The maximum atomic E-state index is 12.9. The Morgan fingerprint density at radius 1 is 1.09 bits per heavy atom. The molecular weight excluding hydrogens is 457 g/mol. The molecule has 0 aliphatic carbocycles. The number of fused-ring (bicyclic) bond motifs is 1. The molecule has 0 bridgehead atoms. The maximum absolute atomic E-state index is 12.9. The zero-order valence-corrected chi connectivity index (χ0v) is 17.6. The minimum atomic E-state index is -4.54. The number of piperazine rings is 1. The molecule has 0 spiro atoms. The highest BCUT2D eigenvalue weighted by atomic mass is 19.4. The van der Waals surface area contributed by atoms with Crippen LogP contribution in [-0.2, 0) is 6.18 Å². The van der Waals surface area contributed by atoms with E-state index in [0.717, 1.165) is 17.2 Å². The van der Waals surface area contributed by atoms with Crippen molar-refractivity contribution in [2.45, 2.75) is 12.2 Å². The molecule has 34 heavy (non-hydrogen) atoms. The number of carbonyl (C=O) groups excluding carboxylic acids is 1. The summed E-state index contributed by atoms with van der Waals surface area (Å²) < 4.78 is 43.5. The van der Waals surface area contributed by atoms with E-state index in [2.05, 4.69) is 9.97 Å². The van der Waals surface area contributed by atoms with Gasteiger partial charge in [-0.05, 0) is 36.4 Å². The van der Waals surface area contributed by atoms with Crippen LogP contribution >= 0.6 is 0 Å². The number of aliphatic hydroxyl groups is 1. The van der Waals surface area contributed by atoms with Gasteiger partial charge in [0.15, 0.2) is 0 Å². The molecule has 3 heterocycles. The van der Waals surface area contributed by atoms with Gasteiger partial charge in [-0.1, -0.05) is 6.07 Å². The first kappa shape index (κ1) is 23.2. The predicted molar refractivity (Wildman–Crippen MR) is 113 cm³/mol. The van der Waals surface area contributed by atoms with Crippen LogP contribution in [0.5, 0.6) is 11.5 Å². The summed E-state index contributed by atoms with van der Waals surface area (Å²) in [6, 6.07) is 9.26. The number of hydrogen-bond acceptors (Lipinski definition) is 6. The number of hydrogen-bond donors (Lipinski definition) is 2. The quantitative estimate of drug-likeness (QED) is 0.594. The molecule has 0 radical (unpaired) electrons. The van der Waals surface area contributed by atoms with Gasteiger partial charge in [0.25, 0.3) is 5.91 Å². The zero-order chi connectivity index (χ0) is 24.5. The van der Waals surface area contributed by atoms with E-state index in [1.165, 1.54) is 17.0 Å². The molecular formula is C22H19F3N4O5. The minimum absolute atomic E-state index is 0.0509. The van der Waals surface area contributed by atoms with Crippen LogP contribution in [0.4, 0.5) is 18.0 Å². The highest BCUT2D eigenvalue weighted by Crippen LogP contribution is 2.30. The number of ether oxygens (including phenoxy) is 1. The summed E-state index contributed by atoms with van der Waals surface area (Å²) in [5.41, 5.74) is -0.366. The summed E-state index contributed by atoms with van der Waals surface area (Å²) >= 11 is 0. The van der Waals surface area contributed by atoms with Crippen molar-refractivity contribution in [2.24, 2.45) is 0 Å². The fourth-order valence-corrected chi connectivity index (χ4v) is 3.64. The average molecular weight is 476 g/mol. The van der Waals surface area contributed by atoms with Crippen molar-refractivity contribution in [3.63, 3.8) is 0 Å². The van der Waals surface area contributed by atoms with Crippen LogP contribution < -0.4 is 4.74 Å². The van der Waals surface area contributed by atoms with E-state index in [9.17, 15) is 33.0 Å². The van der Waals surface area contributed by atoms with Gasteiger partial charge in [0, 0.05) is 25.0 Å². The molecule has 2 aromatic heterocycles. The Balaban J connectivity index is 1.48. The van der Waals surface area contributed by atoms with Crippen molar-refractivity contribution in [1.29, 1.82) is 0 Å². The molecule has 4 rings (SSSR count). The highest BCUT2D eigenvalue weighted by molar-refractivity contribution is 5.95. The number of aromatic nitrogens is 2. The molecule has 2 amide bonds. The minimum Gasteiger partial charge on any atom is -0.465 e. The fraction of sp³-hybridized carbons (Fsp3) is 0.273. The Morgan fingerprint density at radius 3 is 2.50 bits per heavy atom. The first-order valence-electron chi connectivity index (χ1n) is 10.2. The molecule has 3 aromatic rings. The van der Waals surface area contributed by atoms with Gasteiger partial charge in [0.2, 0.25) is 0 Å². The van der Waals surface area contributed by atoms with E-state index in [1.807, 2.05) is 0 Å². The van der Waals surface area contributed by atoms with Crippen molar-refractivity contribution < 1.29 is 37.7 Å². The molecule has 12 heteroatoms. The van der Waals surface area contributed by atoms with E-state index in [1.54, 1.807) is 24.3 Å². The van der Waals surface area contributed by atoms with Gasteiger partial charge in [-0.2, -0.15) is 13.2 Å². The van der Waals surface area contributed by atoms with E-state index in [0.29, 0.717) is 16.7 Å². The largest absolute Gasteiger partial charge is 0.465 e. The second-order valence-electron chi connectivity index (χ2n) is 7.59. The highest BCUT2D eigenvalue weighted by Gasteiger charge is 2.33. The van der Waals surface area contributed by atoms with Crippen LogP contribution in [0.1, 0.15) is 16.2 Å². The summed E-state index contributed by atoms with van der Waals surface area (Å²) in [6.07, 6.45) is -4.71. The van der Waals surface area contributed by atoms with Crippen LogP contribution in [0.15, 0.2) is 48.7 Å². The van der Waals surface area contributed by atoms with Gasteiger partial charge in [0.05, 0.1) is 24.4 Å². The average Bonchev–Trinajstić information content (AvgIpc) is 2.82. The molecule has 1 atom stereocenters. The van der Waals surface area contributed by atoms with Crippen molar-refractivity contribution in [3.8, 4) is 11.5 Å². The lowest BCUT2D eigenvalue weighted by Crippen LogP contribution is -2.57. The van der Waals surface area contributed by atoms with Gasteiger partial charge in [0.1, 0.15) is 22.9 Å². The van der Waals surface area contributed by atoms with Crippen LogP contribution in [0.3, 0.4) is 0 Å². The third kappa shape index (κ3) is 4.86. The number of halogens is 3. The maximum Gasteiger partial charge on any atom is 0.433 e. The normalized spacial score (nSPS) is 16.5. The van der Waals surface area contributed by atoms with Crippen LogP contribution in [0.2, 0.25) is 0 Å². The third-order valence-electron chi connectivity index (χ3n) is 5.37. The molecule has 1 aliphatic heterocycles. The lowest BCUT2D eigenvalue weighted by Gasteiger charge is -2.38. The van der Waals surface area contributed by atoms with Crippen molar-refractivity contribution >= 4 is 22.9 Å². The molecule has 0 saturated carbocycles. The van der Waals surface area contributed by atoms with Crippen molar-refractivity contribution in [2.75, 3.05) is 26.2 Å². The van der Waals surface area contributed by atoms with E-state index in [-0.39, 0.29) is 37.0 Å². The van der Waals surface area contributed by atoms with E-state index >= 15 is 0 Å². The number of carboxylic acid groups (broad SMARTS) is 1. The Bertz CT molecular complexity index is 1220. The lowest BCUT2D eigenvalue weighted by atomic mass is 10.1. The second kappa shape index (κ2) is 9.14. The molecule has 0 unspecified atom stereocenters. The topological polar surface area (TPSA) is 116 Å². The van der Waals surface area contributed by atoms with Gasteiger partial charge in [-0.3, -0.25) is 9.69 Å². The summed E-state index contributed by atoms with van der Waals surface area (Å²) in [7, 11) is 0. The van der Waals surface area contributed by atoms with Gasteiger partial charge < -0.3 is 19.8 Å². The number of nitrogens with zero attached hydrogens (tertiary/aromatic N) is 4. The molecule has 1 fully saturated rings. The molecule has 1 aliphatic rings. The lowest BCUT2D eigenvalue weighted by molar-refractivity contribution is -0.141. The van der Waals surface area contributed by atoms with E-state index in [4.69, 9.17) is 4.74 Å². The Hall–Kier alpha value is -3.93. The van der Waals surface area contributed by atoms with Gasteiger partial charge in [-0.25, -0.2) is 14.8 Å². The number of carbonyl (C=O) groups is 2. The predicted octanol–water partition coefficient (Wildman–Crippen LogP) is 3.24. The molecule has 178 valence electrons. The smallest absolute Gasteiger partial charge is 0.433 e. The monoisotopic (exact) mass is 476 g/mol. The fourth-order valence-electron chi connectivity index (χ4n) is 3.64. The van der Waals surface area contributed by atoms with E-state index < -0.39 is 30.6 Å². The Morgan fingerprint density at radius 2 is 1.85 bits per heavy atom. The van der Waals surface area contributed by atoms with Gasteiger partial charge in [-0.15, -0.1) is 0 Å². The first-order chi connectivity index (χ1) is 16.2. The Labute approximate surface area is 191 Å². The zero-order valence-electron chi connectivity index (χ0n) is 17.6. The SMILES string of the molecule is O=C(c1ccc2cc(Oc3ccc(C(F)(F)F)nc3)ccc2n1)N1CCN(C(=O)O)[C@@H](CO)C1. The van der Waals surface area contributed by atoms with Crippen molar-refractivity contribution in [3.05, 3.63) is 60.0 Å². The first-order valence-corrected chi connectivity index (χ1v) is 10.2. The van der Waals surface area contributed by atoms with Gasteiger partial charge >= 0.3 is 12.3 Å².